The van der Waals surface area contributed by atoms with Gasteiger partial charge in [0.05, 0.1) is 24.0 Å². The van der Waals surface area contributed by atoms with E-state index in [4.69, 9.17) is 4.74 Å². The van der Waals surface area contributed by atoms with Gasteiger partial charge >= 0.3 is 0 Å². The van der Waals surface area contributed by atoms with Crippen molar-refractivity contribution in [1.29, 1.82) is 0 Å². The van der Waals surface area contributed by atoms with Crippen molar-refractivity contribution >= 4 is 21.6 Å². The van der Waals surface area contributed by atoms with Crippen molar-refractivity contribution < 1.29 is 27.4 Å². The highest BCUT2D eigenvalue weighted by Gasteiger charge is 2.30. The Hall–Kier alpha value is -2.69. The van der Waals surface area contributed by atoms with Crippen molar-refractivity contribution in [2.45, 2.75) is 37.3 Å². The number of aliphatic hydroxyl groups is 1. The van der Waals surface area contributed by atoms with Crippen molar-refractivity contribution in [3.63, 3.8) is 0 Å². The Morgan fingerprint density at radius 2 is 1.94 bits per heavy atom. The fraction of sp³-hybridized carbons (Fsp3) is 0.435. The molecule has 0 unspecified atom stereocenters. The van der Waals surface area contributed by atoms with Crippen LogP contribution in [0.1, 0.15) is 19.4 Å². The number of carbonyl (C=O) groups excluding carboxylic acids is 1. The number of carbonyl (C=O) groups is 1. The van der Waals surface area contributed by atoms with Crippen LogP contribution in [0.15, 0.2) is 47.4 Å². The van der Waals surface area contributed by atoms with Gasteiger partial charge < -0.3 is 20.1 Å². The number of halogens is 1. The SMILES string of the molecule is CNC[C@@H]1Oc2ccc(NS(=O)(=O)c3ccc(F)cc3)cc2CC(=O)N([C@@H](C)CO)C[C@H]1C. The van der Waals surface area contributed by atoms with Crippen molar-refractivity contribution in [2.75, 3.05) is 31.5 Å². The van der Waals surface area contributed by atoms with E-state index in [9.17, 15) is 22.7 Å². The molecule has 1 aliphatic heterocycles. The maximum absolute atomic E-state index is 13.2. The quantitative estimate of drug-likeness (QED) is 0.561. The third kappa shape index (κ3) is 6.01. The normalized spacial score (nSPS) is 20.2. The van der Waals surface area contributed by atoms with Crippen LogP contribution >= 0.6 is 0 Å². The Morgan fingerprint density at radius 1 is 1.24 bits per heavy atom. The molecule has 1 amide bonds. The number of rotatable bonds is 7. The lowest BCUT2D eigenvalue weighted by atomic mass is 10.0. The molecule has 1 heterocycles. The van der Waals surface area contributed by atoms with E-state index >= 15 is 0 Å². The van der Waals surface area contributed by atoms with Gasteiger partial charge in [-0.1, -0.05) is 6.92 Å². The third-order valence-corrected chi connectivity index (χ3v) is 7.10. The minimum atomic E-state index is -3.95. The predicted molar refractivity (Wildman–Crippen MR) is 123 cm³/mol. The van der Waals surface area contributed by atoms with Gasteiger partial charge in [-0.15, -0.1) is 0 Å². The van der Waals surface area contributed by atoms with Gasteiger partial charge in [-0.2, -0.15) is 0 Å². The Labute approximate surface area is 193 Å². The average molecular weight is 480 g/mol. The van der Waals surface area contributed by atoms with Crippen LogP contribution in [0.5, 0.6) is 5.75 Å². The zero-order valence-electron chi connectivity index (χ0n) is 18.9. The molecule has 33 heavy (non-hydrogen) atoms. The first kappa shape index (κ1) is 24.9. The van der Waals surface area contributed by atoms with Gasteiger partial charge in [0.1, 0.15) is 17.7 Å². The van der Waals surface area contributed by atoms with Gasteiger partial charge in [-0.3, -0.25) is 9.52 Å². The summed E-state index contributed by atoms with van der Waals surface area (Å²) >= 11 is 0. The molecule has 3 rings (SSSR count). The number of amides is 1. The van der Waals surface area contributed by atoms with Crippen LogP contribution in [0.25, 0.3) is 0 Å². The molecule has 0 aromatic heterocycles. The van der Waals surface area contributed by atoms with Crippen LogP contribution in [0.3, 0.4) is 0 Å². The number of benzene rings is 2. The molecular weight excluding hydrogens is 449 g/mol. The van der Waals surface area contributed by atoms with Gasteiger partial charge in [0.2, 0.25) is 5.91 Å². The van der Waals surface area contributed by atoms with Crippen LogP contribution in [0, 0.1) is 11.7 Å². The molecule has 0 bridgehead atoms. The highest BCUT2D eigenvalue weighted by Crippen LogP contribution is 2.29. The molecule has 0 spiro atoms. The second-order valence-electron chi connectivity index (χ2n) is 8.33. The fourth-order valence-electron chi connectivity index (χ4n) is 3.77. The van der Waals surface area contributed by atoms with Gasteiger partial charge in [0, 0.05) is 30.3 Å². The van der Waals surface area contributed by atoms with Gasteiger partial charge in [-0.05, 0) is 56.4 Å². The van der Waals surface area contributed by atoms with Crippen LogP contribution in [-0.4, -0.2) is 63.2 Å². The predicted octanol–water partition coefficient (Wildman–Crippen LogP) is 1.99. The Morgan fingerprint density at radius 3 is 2.58 bits per heavy atom. The second kappa shape index (κ2) is 10.5. The molecule has 3 N–H and O–H groups in total. The van der Waals surface area contributed by atoms with E-state index in [2.05, 4.69) is 10.0 Å². The Balaban J connectivity index is 1.95. The van der Waals surface area contributed by atoms with Crippen LogP contribution in [0.2, 0.25) is 0 Å². The first-order valence-corrected chi connectivity index (χ1v) is 12.3. The van der Waals surface area contributed by atoms with E-state index < -0.39 is 15.8 Å². The maximum atomic E-state index is 13.2. The molecule has 1 aliphatic rings. The van der Waals surface area contributed by atoms with Crippen molar-refractivity contribution in [1.82, 2.24) is 10.2 Å². The minimum absolute atomic E-state index is 0.00914. The molecular formula is C23H30FN3O5S. The lowest BCUT2D eigenvalue weighted by Gasteiger charge is -2.32. The molecule has 2 aromatic rings. The first-order valence-electron chi connectivity index (χ1n) is 10.8. The molecule has 3 atom stereocenters. The number of hydrogen-bond acceptors (Lipinski definition) is 6. The van der Waals surface area contributed by atoms with E-state index in [1.165, 1.54) is 12.1 Å². The maximum Gasteiger partial charge on any atom is 0.261 e. The second-order valence-corrected chi connectivity index (χ2v) is 10.0. The highest BCUT2D eigenvalue weighted by atomic mass is 32.2. The van der Waals surface area contributed by atoms with E-state index in [1.54, 1.807) is 30.0 Å². The summed E-state index contributed by atoms with van der Waals surface area (Å²) in [4.78, 5) is 14.7. The van der Waals surface area contributed by atoms with Crippen LogP contribution in [-0.2, 0) is 21.2 Å². The van der Waals surface area contributed by atoms with Crippen LogP contribution in [0.4, 0.5) is 10.1 Å². The van der Waals surface area contributed by atoms with E-state index in [0.717, 1.165) is 12.1 Å². The van der Waals surface area contributed by atoms with Gasteiger partial charge in [0.15, 0.2) is 0 Å². The third-order valence-electron chi connectivity index (χ3n) is 5.70. The summed E-state index contributed by atoms with van der Waals surface area (Å²) in [6.45, 7) is 4.58. The van der Waals surface area contributed by atoms with Crippen LogP contribution < -0.4 is 14.8 Å². The summed E-state index contributed by atoms with van der Waals surface area (Å²) < 4.78 is 47.3. The number of likely N-dealkylation sites (N-methyl/N-ethyl adjacent to an activating group) is 1. The van der Waals surface area contributed by atoms with Crippen molar-refractivity contribution in [3.05, 3.63) is 53.8 Å². The molecule has 2 aromatic carbocycles. The Kier molecular flexibility index (Phi) is 7.93. The molecule has 0 saturated carbocycles. The summed E-state index contributed by atoms with van der Waals surface area (Å²) in [5, 5.41) is 12.8. The summed E-state index contributed by atoms with van der Waals surface area (Å²) in [6, 6.07) is 8.93. The molecule has 0 fully saturated rings. The monoisotopic (exact) mass is 479 g/mol. The molecule has 0 saturated heterocycles. The van der Waals surface area contributed by atoms with Crippen molar-refractivity contribution in [3.8, 4) is 5.75 Å². The number of aliphatic hydroxyl groups excluding tert-OH is 1. The highest BCUT2D eigenvalue weighted by molar-refractivity contribution is 7.92. The number of nitrogens with zero attached hydrogens (tertiary/aromatic N) is 1. The number of hydrogen-bond donors (Lipinski definition) is 3. The number of nitrogens with one attached hydrogen (secondary N) is 2. The average Bonchev–Trinajstić information content (AvgIpc) is 2.81. The molecule has 0 radical (unpaired) electrons. The number of fused-ring (bicyclic) bond motifs is 1. The number of ether oxygens (including phenoxy) is 1. The Bertz CT molecular complexity index is 1080. The summed E-state index contributed by atoms with van der Waals surface area (Å²) in [5.74, 6) is -0.234. The molecule has 8 nitrogen and oxygen atoms in total. The van der Waals surface area contributed by atoms with Crippen molar-refractivity contribution in [2.24, 2.45) is 5.92 Å². The first-order chi connectivity index (χ1) is 15.6. The minimum Gasteiger partial charge on any atom is -0.488 e. The molecule has 180 valence electrons. The number of anilines is 1. The summed E-state index contributed by atoms with van der Waals surface area (Å²) in [7, 11) is -2.13. The lowest BCUT2D eigenvalue weighted by Crippen LogP contribution is -2.47. The fourth-order valence-corrected chi connectivity index (χ4v) is 4.82. The van der Waals surface area contributed by atoms with E-state index in [-0.39, 0.29) is 47.6 Å². The molecule has 0 aliphatic carbocycles. The topological polar surface area (TPSA) is 108 Å². The number of sulfonamides is 1. The van der Waals surface area contributed by atoms with E-state index in [0.29, 0.717) is 24.4 Å². The standard InChI is InChI=1S/C23H30FN3O5S/c1-15-13-27(16(2)14-28)23(29)11-17-10-19(6-9-21(17)32-22(15)12-25-3)26-33(30,31)20-7-4-18(24)5-8-20/h4-10,15-16,22,25-26,28H,11-14H2,1-3H3/t15-,16+,22+/m1/s1. The summed E-state index contributed by atoms with van der Waals surface area (Å²) in [5.41, 5.74) is 0.790. The smallest absolute Gasteiger partial charge is 0.261 e. The summed E-state index contributed by atoms with van der Waals surface area (Å²) in [6.07, 6.45) is -0.250. The largest absolute Gasteiger partial charge is 0.488 e. The zero-order chi connectivity index (χ0) is 24.2. The zero-order valence-corrected chi connectivity index (χ0v) is 19.7. The van der Waals surface area contributed by atoms with Gasteiger partial charge in [0.25, 0.3) is 10.0 Å². The van der Waals surface area contributed by atoms with E-state index in [1.807, 2.05) is 14.0 Å². The lowest BCUT2D eigenvalue weighted by molar-refractivity contribution is -0.134. The van der Waals surface area contributed by atoms with Gasteiger partial charge in [-0.25, -0.2) is 12.8 Å². The molecule has 10 heteroatoms.